The first-order valence-corrected chi connectivity index (χ1v) is 9.64. The van der Waals surface area contributed by atoms with E-state index >= 15 is 0 Å². The highest BCUT2D eigenvalue weighted by molar-refractivity contribution is 6.30. The summed E-state index contributed by atoms with van der Waals surface area (Å²) in [7, 11) is 0. The van der Waals surface area contributed by atoms with E-state index in [4.69, 9.17) is 16.0 Å². The number of benzene rings is 1. The Kier molecular flexibility index (Phi) is 5.09. The van der Waals surface area contributed by atoms with Gasteiger partial charge in [-0.3, -0.25) is 9.36 Å². The van der Waals surface area contributed by atoms with Crippen molar-refractivity contribution >= 4 is 23.5 Å². The molecule has 3 aromatic rings. The van der Waals surface area contributed by atoms with Crippen molar-refractivity contribution in [1.82, 2.24) is 19.7 Å². The molecule has 0 radical (unpaired) electrons. The van der Waals surface area contributed by atoms with E-state index in [1.165, 1.54) is 0 Å². The molecule has 3 heterocycles. The first-order valence-electron chi connectivity index (χ1n) is 9.26. The Balaban J connectivity index is 1.67. The van der Waals surface area contributed by atoms with Crippen LogP contribution in [0.5, 0.6) is 0 Å². The average molecular weight is 400 g/mol. The predicted octanol–water partition coefficient (Wildman–Crippen LogP) is 3.22. The molecule has 1 amide bonds. The van der Waals surface area contributed by atoms with E-state index in [-0.39, 0.29) is 5.91 Å². The van der Waals surface area contributed by atoms with Gasteiger partial charge >= 0.3 is 0 Å². The van der Waals surface area contributed by atoms with Crippen LogP contribution < -0.4 is 4.90 Å². The number of piperazine rings is 1. The molecule has 0 spiro atoms. The zero-order valence-corrected chi connectivity index (χ0v) is 16.7. The summed E-state index contributed by atoms with van der Waals surface area (Å²) in [5.74, 6) is 3.09. The minimum atomic E-state index is 0.106. The molecule has 4 rings (SSSR count). The monoisotopic (exact) mass is 399 g/mol. The van der Waals surface area contributed by atoms with Crippen molar-refractivity contribution in [2.45, 2.75) is 20.4 Å². The first kappa shape index (κ1) is 18.6. The third-order valence-corrected chi connectivity index (χ3v) is 5.21. The summed E-state index contributed by atoms with van der Waals surface area (Å²) in [6, 6.07) is 11.6. The lowest BCUT2D eigenvalue weighted by Gasteiger charge is -2.34. The molecule has 0 unspecified atom stereocenters. The molecular weight excluding hydrogens is 378 g/mol. The summed E-state index contributed by atoms with van der Waals surface area (Å²) in [4.78, 5) is 15.6. The van der Waals surface area contributed by atoms with Crippen LogP contribution in [0, 0.1) is 6.92 Å². The lowest BCUT2D eigenvalue weighted by Crippen LogP contribution is -2.48. The Labute approximate surface area is 168 Å². The van der Waals surface area contributed by atoms with Gasteiger partial charge in [-0.1, -0.05) is 23.7 Å². The second-order valence-electron chi connectivity index (χ2n) is 6.94. The van der Waals surface area contributed by atoms with Gasteiger partial charge in [-0.2, -0.15) is 0 Å². The highest BCUT2D eigenvalue weighted by Gasteiger charge is 2.25. The number of aryl methyl sites for hydroxylation is 1. The minimum absolute atomic E-state index is 0.106. The van der Waals surface area contributed by atoms with Crippen molar-refractivity contribution in [3.05, 3.63) is 52.7 Å². The van der Waals surface area contributed by atoms with Gasteiger partial charge in [0.1, 0.15) is 5.76 Å². The highest BCUT2D eigenvalue weighted by Crippen LogP contribution is 2.26. The lowest BCUT2D eigenvalue weighted by atomic mass is 10.2. The van der Waals surface area contributed by atoms with E-state index in [2.05, 4.69) is 19.7 Å². The summed E-state index contributed by atoms with van der Waals surface area (Å²) in [6.45, 7) is 6.91. The summed E-state index contributed by atoms with van der Waals surface area (Å²) in [6.07, 6.45) is 0. The minimum Gasteiger partial charge on any atom is -0.458 e. The molecule has 0 saturated carbocycles. The van der Waals surface area contributed by atoms with Crippen LogP contribution in [0.15, 0.2) is 40.8 Å². The Hall–Kier alpha value is -2.80. The molecule has 0 aliphatic carbocycles. The first-order chi connectivity index (χ1) is 13.5. The molecule has 0 bridgehead atoms. The van der Waals surface area contributed by atoms with Crippen LogP contribution in [0.4, 0.5) is 5.95 Å². The number of hydrogen-bond donors (Lipinski definition) is 0. The van der Waals surface area contributed by atoms with E-state index in [1.807, 2.05) is 48.2 Å². The van der Waals surface area contributed by atoms with Gasteiger partial charge in [0.2, 0.25) is 17.7 Å². The molecule has 1 fully saturated rings. The molecule has 1 saturated heterocycles. The van der Waals surface area contributed by atoms with Gasteiger partial charge < -0.3 is 14.2 Å². The van der Waals surface area contributed by atoms with Crippen molar-refractivity contribution < 1.29 is 9.21 Å². The van der Waals surface area contributed by atoms with Gasteiger partial charge in [-0.25, -0.2) is 0 Å². The van der Waals surface area contributed by atoms with Crippen LogP contribution in [-0.2, 0) is 11.3 Å². The standard InChI is InChI=1S/C20H22ClN5O2/c1-14-3-8-18(28-14)19-22-23-20(25-11-9-24(10-12-25)15(2)27)26(19)13-16-4-6-17(21)7-5-16/h3-8H,9-13H2,1-2H3. The maximum Gasteiger partial charge on any atom is 0.228 e. The molecule has 7 nitrogen and oxygen atoms in total. The van der Waals surface area contributed by atoms with Crippen molar-refractivity contribution in [2.24, 2.45) is 0 Å². The molecule has 2 aromatic heterocycles. The number of furan rings is 1. The Morgan fingerprint density at radius 2 is 1.79 bits per heavy atom. The van der Waals surface area contributed by atoms with Crippen molar-refractivity contribution in [1.29, 1.82) is 0 Å². The molecule has 1 aliphatic rings. The largest absolute Gasteiger partial charge is 0.458 e. The molecule has 28 heavy (non-hydrogen) atoms. The van der Waals surface area contributed by atoms with Gasteiger partial charge in [-0.05, 0) is 36.8 Å². The van der Waals surface area contributed by atoms with E-state index in [0.717, 1.165) is 30.4 Å². The number of nitrogens with zero attached hydrogens (tertiary/aromatic N) is 5. The van der Waals surface area contributed by atoms with Gasteiger partial charge in [-0.15, -0.1) is 10.2 Å². The number of carbonyl (C=O) groups excluding carboxylic acids is 1. The summed E-state index contributed by atoms with van der Waals surface area (Å²) < 4.78 is 7.86. The van der Waals surface area contributed by atoms with Gasteiger partial charge in [0.15, 0.2) is 5.76 Å². The lowest BCUT2D eigenvalue weighted by molar-refractivity contribution is -0.129. The van der Waals surface area contributed by atoms with Crippen LogP contribution in [0.2, 0.25) is 5.02 Å². The maximum absolute atomic E-state index is 11.6. The second kappa shape index (κ2) is 7.67. The van der Waals surface area contributed by atoms with E-state index in [0.29, 0.717) is 36.2 Å². The van der Waals surface area contributed by atoms with Crippen molar-refractivity contribution in [3.63, 3.8) is 0 Å². The van der Waals surface area contributed by atoms with Gasteiger partial charge in [0.25, 0.3) is 0 Å². The number of carbonyl (C=O) groups is 1. The molecule has 8 heteroatoms. The SMILES string of the molecule is CC(=O)N1CCN(c2nnc(-c3ccc(C)o3)n2Cc2ccc(Cl)cc2)CC1. The van der Waals surface area contributed by atoms with Crippen LogP contribution in [0.25, 0.3) is 11.6 Å². The average Bonchev–Trinajstić information content (AvgIpc) is 3.30. The van der Waals surface area contributed by atoms with Gasteiger partial charge in [0, 0.05) is 38.1 Å². The summed E-state index contributed by atoms with van der Waals surface area (Å²) in [5, 5.41) is 9.58. The number of hydrogen-bond acceptors (Lipinski definition) is 5. The molecule has 146 valence electrons. The third kappa shape index (κ3) is 3.75. The smallest absolute Gasteiger partial charge is 0.228 e. The van der Waals surface area contributed by atoms with E-state index in [9.17, 15) is 4.79 Å². The van der Waals surface area contributed by atoms with Crippen LogP contribution >= 0.6 is 11.6 Å². The van der Waals surface area contributed by atoms with E-state index < -0.39 is 0 Å². The zero-order valence-electron chi connectivity index (χ0n) is 15.9. The molecular formula is C20H22ClN5O2. The Morgan fingerprint density at radius 1 is 1.07 bits per heavy atom. The van der Waals surface area contributed by atoms with Crippen LogP contribution in [0.3, 0.4) is 0 Å². The number of aromatic nitrogens is 3. The van der Waals surface area contributed by atoms with Gasteiger partial charge in [0.05, 0.1) is 6.54 Å². The number of halogens is 1. The predicted molar refractivity (Wildman–Crippen MR) is 107 cm³/mol. The fourth-order valence-corrected chi connectivity index (χ4v) is 3.53. The summed E-state index contributed by atoms with van der Waals surface area (Å²) >= 11 is 6.03. The Morgan fingerprint density at radius 3 is 2.39 bits per heavy atom. The highest BCUT2D eigenvalue weighted by atomic mass is 35.5. The van der Waals surface area contributed by atoms with E-state index in [1.54, 1.807) is 6.92 Å². The molecule has 0 N–H and O–H groups in total. The number of anilines is 1. The Bertz CT molecular complexity index is 971. The van der Waals surface area contributed by atoms with Crippen molar-refractivity contribution in [2.75, 3.05) is 31.1 Å². The third-order valence-electron chi connectivity index (χ3n) is 4.95. The van der Waals surface area contributed by atoms with Crippen LogP contribution in [0.1, 0.15) is 18.2 Å². The van der Waals surface area contributed by atoms with Crippen molar-refractivity contribution in [3.8, 4) is 11.6 Å². The topological polar surface area (TPSA) is 67.4 Å². The fourth-order valence-electron chi connectivity index (χ4n) is 3.41. The molecule has 0 atom stereocenters. The maximum atomic E-state index is 11.6. The quantitative estimate of drug-likeness (QED) is 0.673. The molecule has 1 aliphatic heterocycles. The van der Waals surface area contributed by atoms with Crippen LogP contribution in [-0.4, -0.2) is 51.8 Å². The fraction of sp³-hybridized carbons (Fsp3) is 0.350. The zero-order chi connectivity index (χ0) is 19.7. The second-order valence-corrected chi connectivity index (χ2v) is 7.38. The number of amides is 1. The normalized spacial score (nSPS) is 14.5. The molecule has 1 aromatic carbocycles. The number of rotatable bonds is 4. The summed E-state index contributed by atoms with van der Waals surface area (Å²) in [5.41, 5.74) is 1.09.